The molecule has 3 heterocycles. The van der Waals surface area contributed by atoms with Gasteiger partial charge in [-0.1, -0.05) is 0 Å². The summed E-state index contributed by atoms with van der Waals surface area (Å²) >= 11 is 0. The first-order valence-electron chi connectivity index (χ1n) is 7.92. The van der Waals surface area contributed by atoms with Gasteiger partial charge in [-0.3, -0.25) is 8.79 Å². The van der Waals surface area contributed by atoms with Gasteiger partial charge in [0.05, 0.1) is 24.8 Å². The Balaban J connectivity index is 1.69. The number of imidazole rings is 1. The molecule has 0 aliphatic carbocycles. The summed E-state index contributed by atoms with van der Waals surface area (Å²) in [5.74, 6) is 2.82. The predicted molar refractivity (Wildman–Crippen MR) is 88.0 cm³/mol. The van der Waals surface area contributed by atoms with Crippen LogP contribution < -0.4 is 9.64 Å². The van der Waals surface area contributed by atoms with Crippen molar-refractivity contribution in [1.82, 2.24) is 14.4 Å². The van der Waals surface area contributed by atoms with Crippen LogP contribution in [0.4, 0.5) is 10.2 Å². The Morgan fingerprint density at radius 3 is 3.04 bits per heavy atom. The average molecular weight is 314 g/mol. The van der Waals surface area contributed by atoms with Gasteiger partial charge in [0, 0.05) is 25.4 Å². The lowest BCUT2D eigenvalue weighted by atomic mass is 10.1. The molecule has 0 N–H and O–H groups in total. The molecule has 0 bridgehead atoms. The molecule has 0 amide bonds. The normalized spacial score (nSPS) is 18.2. The Kier molecular flexibility index (Phi) is 3.52. The monoisotopic (exact) mass is 314 g/mol. The van der Waals surface area contributed by atoms with Gasteiger partial charge in [-0.05, 0) is 37.0 Å². The summed E-state index contributed by atoms with van der Waals surface area (Å²) in [7, 11) is 1.65. The van der Waals surface area contributed by atoms with E-state index in [9.17, 15) is 4.39 Å². The number of anilines is 1. The first-order valence-corrected chi connectivity index (χ1v) is 7.92. The number of benzene rings is 1. The molecule has 1 unspecified atom stereocenters. The molecular formula is C17H19FN4O. The van der Waals surface area contributed by atoms with Crippen LogP contribution in [0, 0.1) is 5.92 Å². The van der Waals surface area contributed by atoms with Gasteiger partial charge in [0.15, 0.2) is 0 Å². The molecule has 0 spiro atoms. The minimum Gasteiger partial charge on any atom is -0.497 e. The Hall–Kier alpha value is -2.37. The van der Waals surface area contributed by atoms with Crippen molar-refractivity contribution < 1.29 is 9.13 Å². The molecule has 5 nitrogen and oxygen atoms in total. The number of hydrogen-bond acceptors (Lipinski definition) is 4. The van der Waals surface area contributed by atoms with E-state index in [4.69, 9.17) is 4.74 Å². The SMILES string of the molecule is COc1ccc2c(c1)nc1nc(N3CCC(CCF)C3)ccn12. The molecular weight excluding hydrogens is 295 g/mol. The molecule has 2 aromatic heterocycles. The van der Waals surface area contributed by atoms with Gasteiger partial charge < -0.3 is 9.64 Å². The number of methoxy groups -OCH3 is 1. The lowest BCUT2D eigenvalue weighted by Crippen LogP contribution is -2.21. The highest BCUT2D eigenvalue weighted by Crippen LogP contribution is 2.26. The van der Waals surface area contributed by atoms with Crippen LogP contribution in [-0.2, 0) is 0 Å². The molecule has 1 aromatic carbocycles. The van der Waals surface area contributed by atoms with Gasteiger partial charge >= 0.3 is 0 Å². The second-order valence-corrected chi connectivity index (χ2v) is 6.00. The van der Waals surface area contributed by atoms with E-state index in [1.807, 2.05) is 34.9 Å². The van der Waals surface area contributed by atoms with Gasteiger partial charge in [0.2, 0.25) is 5.78 Å². The van der Waals surface area contributed by atoms with E-state index in [1.54, 1.807) is 7.11 Å². The van der Waals surface area contributed by atoms with Crippen molar-refractivity contribution >= 4 is 22.6 Å². The first kappa shape index (κ1) is 14.2. The number of rotatable bonds is 4. The van der Waals surface area contributed by atoms with Crippen LogP contribution in [0.5, 0.6) is 5.75 Å². The number of ether oxygens (including phenoxy) is 1. The Morgan fingerprint density at radius 1 is 1.30 bits per heavy atom. The van der Waals surface area contributed by atoms with Crippen LogP contribution in [0.1, 0.15) is 12.8 Å². The summed E-state index contributed by atoms with van der Waals surface area (Å²) in [6.45, 7) is 1.57. The van der Waals surface area contributed by atoms with E-state index in [0.717, 1.165) is 42.1 Å². The van der Waals surface area contributed by atoms with E-state index >= 15 is 0 Å². The van der Waals surface area contributed by atoms with Crippen molar-refractivity contribution in [3.63, 3.8) is 0 Å². The fraction of sp³-hybridized carbons (Fsp3) is 0.412. The topological polar surface area (TPSA) is 42.7 Å². The molecule has 4 rings (SSSR count). The molecule has 1 saturated heterocycles. The zero-order chi connectivity index (χ0) is 15.8. The maximum absolute atomic E-state index is 12.5. The lowest BCUT2D eigenvalue weighted by Gasteiger charge is -2.17. The molecule has 3 aromatic rings. The summed E-state index contributed by atoms with van der Waals surface area (Å²) in [6.07, 6.45) is 3.68. The van der Waals surface area contributed by atoms with Gasteiger partial charge in [-0.15, -0.1) is 0 Å². The molecule has 1 aliphatic rings. The summed E-state index contributed by atoms with van der Waals surface area (Å²) in [4.78, 5) is 11.5. The minimum atomic E-state index is -0.238. The predicted octanol–water partition coefficient (Wildman–Crippen LogP) is 3.08. The quantitative estimate of drug-likeness (QED) is 0.742. The van der Waals surface area contributed by atoms with Crippen LogP contribution >= 0.6 is 0 Å². The molecule has 6 heteroatoms. The fourth-order valence-electron chi connectivity index (χ4n) is 3.31. The van der Waals surface area contributed by atoms with Crippen LogP contribution in [-0.4, -0.2) is 41.2 Å². The van der Waals surface area contributed by atoms with Gasteiger partial charge in [0.1, 0.15) is 11.6 Å². The van der Waals surface area contributed by atoms with Gasteiger partial charge in [0.25, 0.3) is 0 Å². The number of nitrogens with zero attached hydrogens (tertiary/aromatic N) is 4. The Labute approximate surface area is 133 Å². The Morgan fingerprint density at radius 2 is 2.22 bits per heavy atom. The summed E-state index contributed by atoms with van der Waals surface area (Å²) < 4.78 is 19.7. The van der Waals surface area contributed by atoms with Gasteiger partial charge in [-0.2, -0.15) is 4.98 Å². The van der Waals surface area contributed by atoms with Crippen LogP contribution in [0.3, 0.4) is 0 Å². The Bertz CT molecular complexity index is 847. The fourth-order valence-corrected chi connectivity index (χ4v) is 3.31. The standard InChI is InChI=1S/C17H19FN4O/c1-23-13-2-3-15-14(10-13)19-17-20-16(6-9-22(15)17)21-8-5-12(11-21)4-7-18/h2-3,6,9-10,12H,4-5,7-8,11H2,1H3. The zero-order valence-corrected chi connectivity index (χ0v) is 13.1. The van der Waals surface area contributed by atoms with E-state index in [1.165, 1.54) is 0 Å². The number of alkyl halides is 1. The van der Waals surface area contributed by atoms with Crippen LogP contribution in [0.2, 0.25) is 0 Å². The molecule has 120 valence electrons. The van der Waals surface area contributed by atoms with E-state index < -0.39 is 0 Å². The third-order valence-corrected chi connectivity index (χ3v) is 4.59. The van der Waals surface area contributed by atoms with Crippen molar-refractivity contribution in [3.05, 3.63) is 30.5 Å². The number of fused-ring (bicyclic) bond motifs is 3. The third-order valence-electron chi connectivity index (χ3n) is 4.59. The van der Waals surface area contributed by atoms with Crippen molar-refractivity contribution in [1.29, 1.82) is 0 Å². The van der Waals surface area contributed by atoms with Crippen molar-refractivity contribution in [2.75, 3.05) is 31.8 Å². The highest BCUT2D eigenvalue weighted by Gasteiger charge is 2.23. The second-order valence-electron chi connectivity index (χ2n) is 6.00. The zero-order valence-electron chi connectivity index (χ0n) is 13.1. The van der Waals surface area contributed by atoms with E-state index in [-0.39, 0.29) is 6.67 Å². The van der Waals surface area contributed by atoms with Crippen molar-refractivity contribution in [2.24, 2.45) is 5.92 Å². The lowest BCUT2D eigenvalue weighted by molar-refractivity contribution is 0.405. The van der Waals surface area contributed by atoms with Crippen LogP contribution in [0.25, 0.3) is 16.8 Å². The third kappa shape index (κ3) is 2.48. The number of halogens is 1. The summed E-state index contributed by atoms with van der Waals surface area (Å²) in [6, 6.07) is 7.84. The average Bonchev–Trinajstić information content (AvgIpc) is 3.18. The van der Waals surface area contributed by atoms with E-state index in [2.05, 4.69) is 14.9 Å². The molecule has 1 aliphatic heterocycles. The second kappa shape index (κ2) is 5.68. The van der Waals surface area contributed by atoms with Crippen molar-refractivity contribution in [2.45, 2.75) is 12.8 Å². The number of hydrogen-bond donors (Lipinski definition) is 0. The van der Waals surface area contributed by atoms with E-state index in [0.29, 0.717) is 18.1 Å². The molecule has 1 atom stereocenters. The maximum Gasteiger partial charge on any atom is 0.236 e. The maximum atomic E-state index is 12.5. The summed E-state index contributed by atoms with van der Waals surface area (Å²) in [5.41, 5.74) is 1.88. The van der Waals surface area contributed by atoms with Crippen LogP contribution in [0.15, 0.2) is 30.5 Å². The van der Waals surface area contributed by atoms with Gasteiger partial charge in [-0.25, -0.2) is 4.98 Å². The molecule has 1 fully saturated rings. The first-order chi connectivity index (χ1) is 11.3. The molecule has 0 radical (unpaired) electrons. The highest BCUT2D eigenvalue weighted by molar-refractivity contribution is 5.81. The smallest absolute Gasteiger partial charge is 0.236 e. The largest absolute Gasteiger partial charge is 0.497 e. The molecule has 23 heavy (non-hydrogen) atoms. The molecule has 0 saturated carbocycles. The summed E-state index contributed by atoms with van der Waals surface area (Å²) in [5, 5.41) is 0. The van der Waals surface area contributed by atoms with Crippen molar-refractivity contribution in [3.8, 4) is 5.75 Å². The number of aromatic nitrogens is 3. The minimum absolute atomic E-state index is 0.238. The highest BCUT2D eigenvalue weighted by atomic mass is 19.1.